The Labute approximate surface area is 285 Å². The number of esters is 1. The highest BCUT2D eigenvalue weighted by atomic mass is 19.1. The van der Waals surface area contributed by atoms with E-state index in [1.54, 1.807) is 30.3 Å². The van der Waals surface area contributed by atoms with E-state index in [0.29, 0.717) is 35.2 Å². The predicted molar refractivity (Wildman–Crippen MR) is 177 cm³/mol. The van der Waals surface area contributed by atoms with Gasteiger partial charge in [0.15, 0.2) is 17.4 Å². The van der Waals surface area contributed by atoms with Crippen LogP contribution in [0.5, 0.6) is 11.5 Å². The van der Waals surface area contributed by atoms with Crippen molar-refractivity contribution in [3.8, 4) is 23.0 Å². The van der Waals surface area contributed by atoms with Crippen LogP contribution in [-0.2, 0) is 20.9 Å². The van der Waals surface area contributed by atoms with Gasteiger partial charge in [0.2, 0.25) is 11.9 Å². The van der Waals surface area contributed by atoms with Gasteiger partial charge in [0, 0.05) is 47.5 Å². The number of aromatic nitrogens is 5. The fourth-order valence-electron chi connectivity index (χ4n) is 4.95. The molecule has 50 heavy (non-hydrogen) atoms. The van der Waals surface area contributed by atoms with Crippen molar-refractivity contribution in [2.24, 2.45) is 5.73 Å². The monoisotopic (exact) mass is 692 g/mol. The van der Waals surface area contributed by atoms with Crippen LogP contribution in [0.3, 0.4) is 0 Å². The Kier molecular flexibility index (Phi) is 12.1. The van der Waals surface area contributed by atoms with Crippen LogP contribution in [0.2, 0.25) is 0 Å². The van der Waals surface area contributed by atoms with Gasteiger partial charge in [-0.3, -0.25) is 14.3 Å². The number of rotatable bonds is 17. The van der Waals surface area contributed by atoms with Crippen LogP contribution in [0.1, 0.15) is 31.2 Å². The number of halogens is 3. The average molecular weight is 693 g/mol. The van der Waals surface area contributed by atoms with Gasteiger partial charge in [0.1, 0.15) is 42.8 Å². The number of carbonyl (C=O) groups excluding carboxylic acids is 2. The lowest BCUT2D eigenvalue weighted by molar-refractivity contribution is -0.144. The summed E-state index contributed by atoms with van der Waals surface area (Å²) in [6, 6.07) is 11.9. The number of benzene rings is 2. The van der Waals surface area contributed by atoms with E-state index in [4.69, 9.17) is 19.9 Å². The van der Waals surface area contributed by atoms with E-state index in [0.717, 1.165) is 25.0 Å². The molecule has 16 heteroatoms. The van der Waals surface area contributed by atoms with Crippen LogP contribution < -0.4 is 25.8 Å². The molecule has 3 heterocycles. The van der Waals surface area contributed by atoms with Gasteiger partial charge in [-0.15, -0.1) is 0 Å². The van der Waals surface area contributed by atoms with Gasteiger partial charge in [-0.25, -0.2) is 23.7 Å². The highest BCUT2D eigenvalue weighted by molar-refractivity contribution is 5.92. The fourth-order valence-corrected chi connectivity index (χ4v) is 4.95. The third-order valence-electron chi connectivity index (χ3n) is 7.41. The maximum absolute atomic E-state index is 15.3. The third-order valence-corrected chi connectivity index (χ3v) is 7.41. The number of ether oxygens (including phenoxy) is 3. The summed E-state index contributed by atoms with van der Waals surface area (Å²) < 4.78 is 61.5. The van der Waals surface area contributed by atoms with E-state index in [9.17, 15) is 14.0 Å². The fraction of sp³-hybridized carbons (Fsp3) is 0.294. The lowest BCUT2D eigenvalue weighted by Gasteiger charge is -2.11. The van der Waals surface area contributed by atoms with Crippen molar-refractivity contribution in [2.45, 2.75) is 32.2 Å². The molecule has 0 aliphatic carbocycles. The molecule has 5 rings (SSSR count). The smallest absolute Gasteiger partial charge is 0.325 e. The lowest BCUT2D eigenvalue weighted by Crippen LogP contribution is -2.31. The number of anilines is 2. The number of hydrogen-bond donors (Lipinski definition) is 3. The number of carbonyl (C=O) groups is 2. The Hall–Kier alpha value is -5.77. The van der Waals surface area contributed by atoms with Crippen molar-refractivity contribution < 1.29 is 37.0 Å². The molecule has 2 aromatic carbocycles. The molecule has 5 aromatic rings. The quantitative estimate of drug-likeness (QED) is 0.0704. The first kappa shape index (κ1) is 35.5. The molecule has 0 atom stereocenters. The number of unbranched alkanes of at least 4 members (excludes halogenated alkanes) is 2. The minimum atomic E-state index is -0.871. The van der Waals surface area contributed by atoms with Crippen LogP contribution >= 0.6 is 0 Å². The maximum Gasteiger partial charge on any atom is 0.325 e. The summed E-state index contributed by atoms with van der Waals surface area (Å²) in [5.74, 6) is -2.75. The van der Waals surface area contributed by atoms with Crippen LogP contribution in [0.4, 0.5) is 24.7 Å². The van der Waals surface area contributed by atoms with Crippen molar-refractivity contribution in [3.05, 3.63) is 84.1 Å². The average Bonchev–Trinajstić information content (AvgIpc) is 3.47. The highest BCUT2D eigenvalue weighted by Gasteiger charge is 2.20. The Morgan fingerprint density at radius 3 is 2.54 bits per heavy atom. The largest absolute Gasteiger partial charge is 0.491 e. The first-order valence-electron chi connectivity index (χ1n) is 15.7. The van der Waals surface area contributed by atoms with Crippen molar-refractivity contribution in [1.29, 1.82) is 0 Å². The normalized spacial score (nSPS) is 11.0. The molecule has 0 radical (unpaired) electrons. The van der Waals surface area contributed by atoms with Gasteiger partial charge in [-0.05, 0) is 31.5 Å². The second-order valence-electron chi connectivity index (χ2n) is 10.9. The van der Waals surface area contributed by atoms with Crippen molar-refractivity contribution in [3.63, 3.8) is 0 Å². The number of hydrogen-bond acceptors (Lipinski definition) is 11. The first-order chi connectivity index (χ1) is 24.2. The number of fused-ring (bicyclic) bond motifs is 1. The minimum Gasteiger partial charge on any atom is -0.491 e. The van der Waals surface area contributed by atoms with Gasteiger partial charge in [0.25, 0.3) is 0 Å². The van der Waals surface area contributed by atoms with Gasteiger partial charge in [-0.1, -0.05) is 24.6 Å². The van der Waals surface area contributed by atoms with Crippen molar-refractivity contribution in [2.75, 3.05) is 38.7 Å². The summed E-state index contributed by atoms with van der Waals surface area (Å²) in [4.78, 5) is 36.2. The van der Waals surface area contributed by atoms with Crippen molar-refractivity contribution in [1.82, 2.24) is 30.0 Å². The van der Waals surface area contributed by atoms with E-state index >= 15 is 8.78 Å². The highest BCUT2D eigenvalue weighted by Crippen LogP contribution is 2.32. The molecule has 0 bridgehead atoms. The maximum atomic E-state index is 15.3. The van der Waals surface area contributed by atoms with E-state index in [2.05, 4.69) is 30.7 Å². The number of pyridine rings is 1. The topological polar surface area (TPSA) is 168 Å². The van der Waals surface area contributed by atoms with E-state index < -0.39 is 23.6 Å². The number of methoxy groups -OCH3 is 1. The van der Waals surface area contributed by atoms with Crippen LogP contribution in [0.15, 0.2) is 60.9 Å². The summed E-state index contributed by atoms with van der Waals surface area (Å²) in [5, 5.41) is 10.7. The summed E-state index contributed by atoms with van der Waals surface area (Å²) in [6.45, 7) is -0.368. The number of para-hydroxylation sites is 1. The van der Waals surface area contributed by atoms with Gasteiger partial charge in [-0.2, -0.15) is 9.49 Å². The molecular weight excluding hydrogens is 657 g/mol. The molecule has 0 aliphatic heterocycles. The van der Waals surface area contributed by atoms with Crippen LogP contribution in [-0.4, -0.2) is 70.0 Å². The Morgan fingerprint density at radius 1 is 0.980 bits per heavy atom. The zero-order valence-electron chi connectivity index (χ0n) is 27.1. The molecule has 0 saturated carbocycles. The SMILES string of the molecule is COc1cnc(-c2nn(Cc3c(F)cc(OCCOC(=O)CNC(=O)CCCCCN)cc3F)c3ccccc23)nc1Nc1ccnc(F)c1. The van der Waals surface area contributed by atoms with E-state index in [-0.39, 0.29) is 67.3 Å². The molecule has 0 aliphatic rings. The second kappa shape index (κ2) is 17.1. The molecule has 0 saturated heterocycles. The molecule has 13 nitrogen and oxygen atoms in total. The summed E-state index contributed by atoms with van der Waals surface area (Å²) >= 11 is 0. The molecule has 0 spiro atoms. The molecule has 0 unspecified atom stereocenters. The molecular formula is C34H35F3N8O5. The Bertz CT molecular complexity index is 1930. The lowest BCUT2D eigenvalue weighted by atomic mass is 10.1. The van der Waals surface area contributed by atoms with Crippen LogP contribution in [0.25, 0.3) is 22.4 Å². The summed E-state index contributed by atoms with van der Waals surface area (Å²) in [6.07, 6.45) is 5.35. The second-order valence-corrected chi connectivity index (χ2v) is 10.9. The van der Waals surface area contributed by atoms with Gasteiger partial charge in [0.05, 0.1) is 25.4 Å². The first-order valence-corrected chi connectivity index (χ1v) is 15.7. The van der Waals surface area contributed by atoms with Gasteiger partial charge >= 0.3 is 5.97 Å². The number of nitrogens with zero attached hydrogens (tertiary/aromatic N) is 5. The Balaban J connectivity index is 1.24. The van der Waals surface area contributed by atoms with E-state index in [1.165, 1.54) is 30.3 Å². The van der Waals surface area contributed by atoms with Crippen LogP contribution in [0, 0.1) is 17.6 Å². The Morgan fingerprint density at radius 2 is 1.78 bits per heavy atom. The van der Waals surface area contributed by atoms with Gasteiger partial charge < -0.3 is 30.6 Å². The molecule has 3 aromatic heterocycles. The third kappa shape index (κ3) is 9.22. The minimum absolute atomic E-state index is 0.0997. The molecule has 1 amide bonds. The van der Waals surface area contributed by atoms with E-state index in [1.807, 2.05) is 0 Å². The number of nitrogens with two attached hydrogens (primary N) is 1. The molecule has 0 fully saturated rings. The number of nitrogens with one attached hydrogen (secondary N) is 2. The zero-order valence-corrected chi connectivity index (χ0v) is 27.1. The predicted octanol–water partition coefficient (Wildman–Crippen LogP) is 4.66. The van der Waals surface area contributed by atoms with Crippen molar-refractivity contribution >= 4 is 34.3 Å². The summed E-state index contributed by atoms with van der Waals surface area (Å²) in [7, 11) is 1.44. The standard InChI is InChI=1S/C34H35F3N8O5/c1-48-28-18-41-34(43-33(28)42-21-10-12-39-29(37)15-21)32-23-7-4-5-8-27(23)45(44-32)20-24-25(35)16-22(17-26(24)36)49-13-14-50-31(47)19-40-30(46)9-3-2-6-11-38/h4-5,7-8,10,12,15-18H,2-3,6,9,11,13-14,19-20,38H2,1H3,(H,40,46)(H,39,41,42,43). The molecule has 4 N–H and O–H groups in total. The molecule has 262 valence electrons. The summed E-state index contributed by atoms with van der Waals surface area (Å²) in [5.41, 5.74) is 6.44. The zero-order chi connectivity index (χ0) is 35.5. The number of amides is 1.